The molecule has 5 rings (SSSR count). The quantitative estimate of drug-likeness (QED) is 0.500. The highest BCUT2D eigenvalue weighted by atomic mass is 14.5. The highest BCUT2D eigenvalue weighted by Gasteiger charge is 2.50. The lowest BCUT2D eigenvalue weighted by atomic mass is 9.62. The smallest absolute Gasteiger partial charge is 0.00246 e. The second kappa shape index (κ2) is 4.75. The number of hydrogen-bond acceptors (Lipinski definition) is 0. The molecule has 0 N–H and O–H groups in total. The first kappa shape index (κ1) is 14.8. The standard InChI is InChI=1S/C24H28/c1-23(2,3)21-8-4-6-17-14-22-18(13-20(17)21)7-5-11-24(22)15-16-9-10-19(24)12-16/h4,6,8-10,13-14,16,19H,5,7,11-12,15H2,1-3H3. The molecular formula is C24H28. The normalized spacial score (nSPS) is 31.1. The molecule has 3 aliphatic rings. The molecule has 2 bridgehead atoms. The van der Waals surface area contributed by atoms with Crippen LogP contribution in [0.15, 0.2) is 42.5 Å². The van der Waals surface area contributed by atoms with Gasteiger partial charge in [-0.25, -0.2) is 0 Å². The van der Waals surface area contributed by atoms with Crippen LogP contribution in [0.25, 0.3) is 10.8 Å². The molecule has 1 spiro atoms. The summed E-state index contributed by atoms with van der Waals surface area (Å²) in [5, 5.41) is 2.94. The van der Waals surface area contributed by atoms with E-state index in [-0.39, 0.29) is 5.41 Å². The molecule has 0 aromatic heterocycles. The Morgan fingerprint density at radius 2 is 1.96 bits per heavy atom. The minimum absolute atomic E-state index is 0.204. The van der Waals surface area contributed by atoms with Crippen molar-refractivity contribution < 1.29 is 0 Å². The highest BCUT2D eigenvalue weighted by Crippen LogP contribution is 2.58. The molecule has 0 heterocycles. The van der Waals surface area contributed by atoms with Crippen molar-refractivity contribution >= 4 is 10.8 Å². The van der Waals surface area contributed by atoms with Gasteiger partial charge in [0.25, 0.3) is 0 Å². The second-order valence-corrected chi connectivity index (χ2v) is 9.49. The van der Waals surface area contributed by atoms with Gasteiger partial charge in [0.2, 0.25) is 0 Å². The fourth-order valence-corrected chi connectivity index (χ4v) is 5.98. The fourth-order valence-electron chi connectivity index (χ4n) is 5.98. The van der Waals surface area contributed by atoms with Crippen molar-refractivity contribution in [1.82, 2.24) is 0 Å². The zero-order valence-electron chi connectivity index (χ0n) is 15.2. The average Bonchev–Trinajstić information content (AvgIpc) is 3.13. The van der Waals surface area contributed by atoms with E-state index in [0.717, 1.165) is 11.8 Å². The topological polar surface area (TPSA) is 0 Å². The summed E-state index contributed by atoms with van der Waals surface area (Å²) >= 11 is 0. The third-order valence-corrected chi connectivity index (χ3v) is 7.03. The minimum Gasteiger partial charge on any atom is -0.0851 e. The molecule has 124 valence electrons. The van der Waals surface area contributed by atoms with Crippen molar-refractivity contribution in [1.29, 1.82) is 0 Å². The fraction of sp³-hybridized carbons (Fsp3) is 0.500. The Morgan fingerprint density at radius 1 is 1.08 bits per heavy atom. The van der Waals surface area contributed by atoms with Crippen molar-refractivity contribution in [3.63, 3.8) is 0 Å². The van der Waals surface area contributed by atoms with E-state index in [0.29, 0.717) is 5.41 Å². The van der Waals surface area contributed by atoms with Gasteiger partial charge < -0.3 is 0 Å². The molecule has 1 saturated carbocycles. The molecule has 24 heavy (non-hydrogen) atoms. The van der Waals surface area contributed by atoms with E-state index in [9.17, 15) is 0 Å². The largest absolute Gasteiger partial charge is 0.0851 e. The summed E-state index contributed by atoms with van der Waals surface area (Å²) in [4.78, 5) is 0. The summed E-state index contributed by atoms with van der Waals surface area (Å²) in [6.07, 6.45) is 11.9. The lowest BCUT2D eigenvalue weighted by molar-refractivity contribution is 0.304. The maximum Gasteiger partial charge on any atom is 0.00246 e. The van der Waals surface area contributed by atoms with Crippen LogP contribution in [-0.2, 0) is 17.3 Å². The highest BCUT2D eigenvalue weighted by molar-refractivity contribution is 5.88. The van der Waals surface area contributed by atoms with E-state index in [1.165, 1.54) is 48.4 Å². The van der Waals surface area contributed by atoms with Crippen LogP contribution in [0.1, 0.15) is 63.1 Å². The van der Waals surface area contributed by atoms with Gasteiger partial charge in [-0.1, -0.05) is 63.3 Å². The lowest BCUT2D eigenvalue weighted by Gasteiger charge is -2.41. The Labute approximate surface area is 146 Å². The van der Waals surface area contributed by atoms with Gasteiger partial charge in [0.15, 0.2) is 0 Å². The van der Waals surface area contributed by atoms with E-state index in [2.05, 4.69) is 63.3 Å². The molecule has 1 fully saturated rings. The second-order valence-electron chi connectivity index (χ2n) is 9.49. The molecule has 3 unspecified atom stereocenters. The molecule has 0 amide bonds. The molecule has 0 saturated heterocycles. The summed E-state index contributed by atoms with van der Waals surface area (Å²) in [7, 11) is 0. The van der Waals surface area contributed by atoms with Gasteiger partial charge in [-0.15, -0.1) is 0 Å². The predicted octanol–water partition coefficient (Wildman–Crippen LogP) is 6.31. The Bertz CT molecular complexity index is 848. The van der Waals surface area contributed by atoms with Gasteiger partial charge in [0.05, 0.1) is 0 Å². The van der Waals surface area contributed by atoms with Gasteiger partial charge in [-0.3, -0.25) is 0 Å². The SMILES string of the molecule is CC(C)(C)c1cccc2cc3c(cc12)CCCC31CC2C=CC1C2. The van der Waals surface area contributed by atoms with Crippen LogP contribution in [0.4, 0.5) is 0 Å². The average molecular weight is 316 g/mol. The number of benzene rings is 2. The van der Waals surface area contributed by atoms with Gasteiger partial charge in [0.1, 0.15) is 0 Å². The van der Waals surface area contributed by atoms with Gasteiger partial charge in [-0.05, 0) is 76.8 Å². The first-order valence-corrected chi connectivity index (χ1v) is 9.72. The number of fused-ring (bicyclic) bond motifs is 6. The van der Waals surface area contributed by atoms with Gasteiger partial charge >= 0.3 is 0 Å². The summed E-state index contributed by atoms with van der Waals surface area (Å²) in [5.74, 6) is 1.64. The number of aryl methyl sites for hydroxylation is 1. The van der Waals surface area contributed by atoms with Crippen LogP contribution in [0, 0.1) is 11.8 Å². The van der Waals surface area contributed by atoms with Crippen LogP contribution in [-0.4, -0.2) is 0 Å². The molecular weight excluding hydrogens is 288 g/mol. The monoisotopic (exact) mass is 316 g/mol. The first-order valence-electron chi connectivity index (χ1n) is 9.72. The lowest BCUT2D eigenvalue weighted by Crippen LogP contribution is -2.35. The summed E-state index contributed by atoms with van der Waals surface area (Å²) in [5.41, 5.74) is 5.50. The summed E-state index contributed by atoms with van der Waals surface area (Å²) < 4.78 is 0. The molecule has 0 heteroatoms. The minimum atomic E-state index is 0.204. The van der Waals surface area contributed by atoms with E-state index in [4.69, 9.17) is 0 Å². The molecule has 0 nitrogen and oxygen atoms in total. The van der Waals surface area contributed by atoms with E-state index in [1.807, 2.05) is 0 Å². The van der Waals surface area contributed by atoms with Crippen LogP contribution in [0.3, 0.4) is 0 Å². The van der Waals surface area contributed by atoms with Crippen LogP contribution >= 0.6 is 0 Å². The molecule has 0 radical (unpaired) electrons. The number of allylic oxidation sites excluding steroid dienone is 2. The Kier molecular flexibility index (Phi) is 2.92. The zero-order chi connectivity index (χ0) is 16.5. The van der Waals surface area contributed by atoms with Crippen LogP contribution < -0.4 is 0 Å². The van der Waals surface area contributed by atoms with E-state index in [1.54, 1.807) is 11.1 Å². The summed E-state index contributed by atoms with van der Waals surface area (Å²) in [6.45, 7) is 7.01. The first-order chi connectivity index (χ1) is 11.5. The maximum atomic E-state index is 2.58. The molecule has 2 aromatic rings. The predicted molar refractivity (Wildman–Crippen MR) is 103 cm³/mol. The third kappa shape index (κ3) is 1.92. The van der Waals surface area contributed by atoms with E-state index >= 15 is 0 Å². The van der Waals surface area contributed by atoms with Crippen molar-refractivity contribution in [2.45, 2.75) is 63.7 Å². The van der Waals surface area contributed by atoms with Crippen molar-refractivity contribution in [3.05, 3.63) is 59.2 Å². The summed E-state index contributed by atoms with van der Waals surface area (Å²) in [6, 6.07) is 12.0. The number of rotatable bonds is 0. The Balaban J connectivity index is 1.75. The van der Waals surface area contributed by atoms with Crippen LogP contribution in [0.5, 0.6) is 0 Å². The Hall–Kier alpha value is -1.56. The third-order valence-electron chi connectivity index (χ3n) is 7.03. The Morgan fingerprint density at radius 3 is 2.67 bits per heavy atom. The zero-order valence-corrected chi connectivity index (χ0v) is 15.2. The maximum absolute atomic E-state index is 2.58. The molecule has 3 atom stereocenters. The molecule has 2 aromatic carbocycles. The molecule has 3 aliphatic carbocycles. The van der Waals surface area contributed by atoms with Gasteiger partial charge in [0, 0.05) is 5.41 Å². The van der Waals surface area contributed by atoms with Crippen molar-refractivity contribution in [2.75, 3.05) is 0 Å². The molecule has 0 aliphatic heterocycles. The van der Waals surface area contributed by atoms with Crippen molar-refractivity contribution in [3.8, 4) is 0 Å². The van der Waals surface area contributed by atoms with Crippen molar-refractivity contribution in [2.24, 2.45) is 11.8 Å². The van der Waals surface area contributed by atoms with Crippen LogP contribution in [0.2, 0.25) is 0 Å². The van der Waals surface area contributed by atoms with E-state index < -0.39 is 0 Å². The van der Waals surface area contributed by atoms with Gasteiger partial charge in [-0.2, -0.15) is 0 Å². The number of hydrogen-bond donors (Lipinski definition) is 0.